The Kier molecular flexibility index (Phi) is 5.86. The van der Waals surface area contributed by atoms with Crippen molar-refractivity contribution in [3.63, 3.8) is 0 Å². The minimum atomic E-state index is -4.39. The maximum absolute atomic E-state index is 12.6. The third-order valence-electron chi connectivity index (χ3n) is 2.93. The predicted molar refractivity (Wildman–Crippen MR) is 92.0 cm³/mol. The summed E-state index contributed by atoms with van der Waals surface area (Å²) in [6.45, 7) is 2.47. The van der Waals surface area contributed by atoms with Gasteiger partial charge < -0.3 is 10.1 Å². The fourth-order valence-corrected chi connectivity index (χ4v) is 2.03. The van der Waals surface area contributed by atoms with Crippen LogP contribution in [0.3, 0.4) is 0 Å². The van der Waals surface area contributed by atoms with E-state index in [0.717, 1.165) is 23.6 Å². The van der Waals surface area contributed by atoms with Crippen molar-refractivity contribution in [1.29, 1.82) is 0 Å². The van der Waals surface area contributed by atoms with Crippen LogP contribution in [-0.4, -0.2) is 11.7 Å². The zero-order chi connectivity index (χ0) is 17.6. The number of nitrogens with one attached hydrogen (secondary N) is 3. The second-order valence-corrected chi connectivity index (χ2v) is 5.15. The Labute approximate surface area is 143 Å². The molecule has 0 atom stereocenters. The van der Waals surface area contributed by atoms with E-state index in [0.29, 0.717) is 6.61 Å². The highest BCUT2D eigenvalue weighted by atomic mass is 32.1. The molecule has 2 aromatic carbocycles. The lowest BCUT2D eigenvalue weighted by molar-refractivity contribution is -0.137. The summed E-state index contributed by atoms with van der Waals surface area (Å²) in [6, 6.07) is 11.9. The van der Waals surface area contributed by atoms with Crippen molar-refractivity contribution in [1.82, 2.24) is 5.43 Å². The first kappa shape index (κ1) is 17.9. The number of rotatable bonds is 5. The van der Waals surface area contributed by atoms with Gasteiger partial charge in [0, 0.05) is 5.69 Å². The van der Waals surface area contributed by atoms with Gasteiger partial charge in [-0.25, -0.2) is 0 Å². The summed E-state index contributed by atoms with van der Waals surface area (Å²) in [6.07, 6.45) is -4.39. The monoisotopic (exact) mass is 355 g/mol. The zero-order valence-corrected chi connectivity index (χ0v) is 13.6. The molecular weight excluding hydrogens is 339 g/mol. The molecule has 0 fully saturated rings. The average Bonchev–Trinajstić information content (AvgIpc) is 2.55. The lowest BCUT2D eigenvalue weighted by Crippen LogP contribution is -2.33. The molecule has 0 aliphatic heterocycles. The Morgan fingerprint density at radius 3 is 2.42 bits per heavy atom. The van der Waals surface area contributed by atoms with E-state index in [1.165, 1.54) is 12.1 Å². The first-order valence-electron chi connectivity index (χ1n) is 7.11. The minimum absolute atomic E-state index is 0.219. The van der Waals surface area contributed by atoms with Crippen molar-refractivity contribution in [3.8, 4) is 5.75 Å². The fourth-order valence-electron chi connectivity index (χ4n) is 1.87. The van der Waals surface area contributed by atoms with Crippen LogP contribution in [-0.2, 0) is 6.18 Å². The molecule has 4 nitrogen and oxygen atoms in total. The number of halogens is 3. The SMILES string of the molecule is CCOc1ccc(NC(=S)NNc2cccc(C(F)(F)F)c2)cc1. The van der Waals surface area contributed by atoms with Gasteiger partial charge in [0.15, 0.2) is 5.11 Å². The van der Waals surface area contributed by atoms with Gasteiger partial charge in [-0.1, -0.05) is 6.07 Å². The molecule has 128 valence electrons. The maximum Gasteiger partial charge on any atom is 0.416 e. The number of ether oxygens (including phenoxy) is 1. The molecule has 24 heavy (non-hydrogen) atoms. The Hall–Kier alpha value is -2.48. The van der Waals surface area contributed by atoms with Crippen LogP contribution >= 0.6 is 12.2 Å². The van der Waals surface area contributed by atoms with Gasteiger partial charge in [-0.15, -0.1) is 0 Å². The summed E-state index contributed by atoms with van der Waals surface area (Å²) >= 11 is 5.09. The minimum Gasteiger partial charge on any atom is -0.494 e. The van der Waals surface area contributed by atoms with Gasteiger partial charge >= 0.3 is 6.18 Å². The van der Waals surface area contributed by atoms with Crippen molar-refractivity contribution in [2.75, 3.05) is 17.3 Å². The highest BCUT2D eigenvalue weighted by Crippen LogP contribution is 2.30. The molecule has 2 aromatic rings. The second kappa shape index (κ2) is 7.87. The van der Waals surface area contributed by atoms with Crippen LogP contribution in [0.25, 0.3) is 0 Å². The van der Waals surface area contributed by atoms with E-state index in [1.54, 1.807) is 24.3 Å². The average molecular weight is 355 g/mol. The molecule has 0 aliphatic rings. The van der Waals surface area contributed by atoms with Gasteiger partial charge in [0.25, 0.3) is 0 Å². The topological polar surface area (TPSA) is 45.3 Å². The fraction of sp³-hybridized carbons (Fsp3) is 0.188. The van der Waals surface area contributed by atoms with Crippen molar-refractivity contribution in [2.24, 2.45) is 0 Å². The Balaban J connectivity index is 1.89. The number of anilines is 2. The molecule has 8 heteroatoms. The quantitative estimate of drug-likeness (QED) is 0.547. The van der Waals surface area contributed by atoms with Crippen LogP contribution in [0.2, 0.25) is 0 Å². The Bertz CT molecular complexity index is 690. The van der Waals surface area contributed by atoms with Gasteiger partial charge in [0.2, 0.25) is 0 Å². The van der Waals surface area contributed by atoms with E-state index in [-0.39, 0.29) is 10.8 Å². The van der Waals surface area contributed by atoms with Gasteiger partial charge in [-0.3, -0.25) is 10.9 Å². The number of hydrogen-bond donors (Lipinski definition) is 3. The smallest absolute Gasteiger partial charge is 0.416 e. The molecule has 0 saturated heterocycles. The zero-order valence-electron chi connectivity index (χ0n) is 12.8. The number of hydrogen-bond acceptors (Lipinski definition) is 3. The van der Waals surface area contributed by atoms with Crippen molar-refractivity contribution in [3.05, 3.63) is 54.1 Å². The Morgan fingerprint density at radius 1 is 1.08 bits per heavy atom. The van der Waals surface area contributed by atoms with Crippen LogP contribution in [0, 0.1) is 0 Å². The lowest BCUT2D eigenvalue weighted by atomic mass is 10.2. The van der Waals surface area contributed by atoms with Gasteiger partial charge in [-0.05, 0) is 61.6 Å². The maximum atomic E-state index is 12.6. The van der Waals surface area contributed by atoms with Crippen LogP contribution in [0.5, 0.6) is 5.75 Å². The highest BCUT2D eigenvalue weighted by Gasteiger charge is 2.30. The van der Waals surface area contributed by atoms with Crippen molar-refractivity contribution >= 4 is 28.7 Å². The molecule has 0 radical (unpaired) electrons. The first-order valence-corrected chi connectivity index (χ1v) is 7.52. The number of hydrazine groups is 1. The van der Waals surface area contributed by atoms with Gasteiger partial charge in [-0.2, -0.15) is 13.2 Å². The summed E-state index contributed by atoms with van der Waals surface area (Å²) in [4.78, 5) is 0. The van der Waals surface area contributed by atoms with E-state index < -0.39 is 11.7 Å². The second-order valence-electron chi connectivity index (χ2n) is 4.74. The summed E-state index contributed by atoms with van der Waals surface area (Å²) in [7, 11) is 0. The van der Waals surface area contributed by atoms with Gasteiger partial charge in [0.1, 0.15) is 5.75 Å². The lowest BCUT2D eigenvalue weighted by Gasteiger charge is -2.14. The molecule has 0 bridgehead atoms. The van der Waals surface area contributed by atoms with Crippen LogP contribution < -0.4 is 20.9 Å². The molecule has 0 aromatic heterocycles. The Morgan fingerprint density at radius 2 is 1.79 bits per heavy atom. The molecular formula is C16H16F3N3OS. The van der Waals surface area contributed by atoms with Gasteiger partial charge in [0.05, 0.1) is 17.9 Å². The van der Waals surface area contributed by atoms with E-state index >= 15 is 0 Å². The number of thiocarbonyl (C=S) groups is 1. The highest BCUT2D eigenvalue weighted by molar-refractivity contribution is 7.80. The number of alkyl halides is 3. The first-order chi connectivity index (χ1) is 11.4. The molecule has 3 N–H and O–H groups in total. The summed E-state index contributed by atoms with van der Waals surface area (Å²) < 4.78 is 43.3. The third kappa shape index (κ3) is 5.31. The molecule has 0 aliphatic carbocycles. The standard InChI is InChI=1S/C16H16F3N3OS/c1-2-23-14-8-6-12(7-9-14)20-15(24)22-21-13-5-3-4-11(10-13)16(17,18)19/h3-10,21H,2H2,1H3,(H2,20,22,24). The normalized spacial score (nSPS) is 10.8. The molecule has 0 amide bonds. The van der Waals surface area contributed by atoms with Crippen molar-refractivity contribution in [2.45, 2.75) is 13.1 Å². The molecule has 0 heterocycles. The van der Waals surface area contributed by atoms with Crippen molar-refractivity contribution < 1.29 is 17.9 Å². The van der Waals surface area contributed by atoms with E-state index in [4.69, 9.17) is 17.0 Å². The largest absolute Gasteiger partial charge is 0.494 e. The summed E-state index contributed by atoms with van der Waals surface area (Å²) in [5, 5.41) is 3.13. The van der Waals surface area contributed by atoms with E-state index in [2.05, 4.69) is 16.2 Å². The van der Waals surface area contributed by atoms with E-state index in [1.807, 2.05) is 6.92 Å². The van der Waals surface area contributed by atoms with Crippen LogP contribution in [0.1, 0.15) is 12.5 Å². The summed E-state index contributed by atoms with van der Waals surface area (Å²) in [5.41, 5.74) is 5.51. The van der Waals surface area contributed by atoms with Crippen LogP contribution in [0.15, 0.2) is 48.5 Å². The van der Waals surface area contributed by atoms with E-state index in [9.17, 15) is 13.2 Å². The molecule has 0 unspecified atom stereocenters. The number of benzene rings is 2. The molecule has 0 spiro atoms. The van der Waals surface area contributed by atoms with Crippen LogP contribution in [0.4, 0.5) is 24.5 Å². The third-order valence-corrected chi connectivity index (χ3v) is 3.14. The predicted octanol–water partition coefficient (Wildman–Crippen LogP) is 4.42. The summed E-state index contributed by atoms with van der Waals surface area (Å²) in [5.74, 6) is 0.740. The molecule has 2 rings (SSSR count). The molecule has 0 saturated carbocycles.